The molecule has 0 aromatic heterocycles. The van der Waals surface area contributed by atoms with E-state index in [9.17, 15) is 19.8 Å². The Labute approximate surface area is 373 Å². The molecule has 0 spiro atoms. The van der Waals surface area contributed by atoms with Gasteiger partial charge in [-0.05, 0) is 57.8 Å². The molecule has 2 unspecified atom stereocenters. The average Bonchev–Trinajstić information content (AvgIpc) is 3.25. The molecular formula is C54H103NO5. The van der Waals surface area contributed by atoms with Gasteiger partial charge in [0.1, 0.15) is 0 Å². The number of allylic oxidation sites excluding steroid dienone is 4. The van der Waals surface area contributed by atoms with Crippen LogP contribution in [-0.4, -0.2) is 47.4 Å². The molecule has 0 saturated heterocycles. The largest absolute Gasteiger partial charge is 0.466 e. The number of unbranched alkanes of at least 4 members (excludes halogenated alkanes) is 34. The van der Waals surface area contributed by atoms with E-state index in [0.717, 1.165) is 57.8 Å². The van der Waals surface area contributed by atoms with Crippen LogP contribution >= 0.6 is 0 Å². The highest BCUT2D eigenvalue weighted by molar-refractivity contribution is 5.76. The van der Waals surface area contributed by atoms with Crippen molar-refractivity contribution in [3.8, 4) is 0 Å². The molecule has 0 bridgehead atoms. The molecule has 0 aliphatic rings. The molecule has 0 heterocycles. The van der Waals surface area contributed by atoms with Crippen molar-refractivity contribution in [2.24, 2.45) is 0 Å². The number of aliphatic hydroxyl groups excluding tert-OH is 2. The van der Waals surface area contributed by atoms with E-state index < -0.39 is 12.1 Å². The Bertz CT molecular complexity index is 935. The maximum absolute atomic E-state index is 12.4. The van der Waals surface area contributed by atoms with Crippen LogP contribution in [0.25, 0.3) is 0 Å². The second-order valence-corrected chi connectivity index (χ2v) is 18.2. The molecule has 0 fully saturated rings. The van der Waals surface area contributed by atoms with Crippen molar-refractivity contribution in [3.63, 3.8) is 0 Å². The van der Waals surface area contributed by atoms with Crippen molar-refractivity contribution in [3.05, 3.63) is 24.3 Å². The van der Waals surface area contributed by atoms with Crippen molar-refractivity contribution in [2.45, 2.75) is 296 Å². The second kappa shape index (κ2) is 50.0. The molecular weight excluding hydrogens is 743 g/mol. The van der Waals surface area contributed by atoms with Gasteiger partial charge in [0, 0.05) is 12.8 Å². The molecule has 0 saturated carbocycles. The minimum absolute atomic E-state index is 0.00620. The standard InChI is InChI=1S/C54H103NO5/c1-3-5-7-9-11-13-15-16-17-18-19-20-21-25-28-32-36-40-44-48-54(59)60-49-45-41-37-33-29-26-23-22-24-27-31-35-39-43-47-53(58)55-51(50-56)52(57)46-42-38-34-30-14-12-10-8-6-4-2/h11,13,16-17,51-52,56-57H,3-10,12,14-15,18-50H2,1-2H3,(H,55,58)/b13-11-,17-16-. The Morgan fingerprint density at radius 2 is 0.833 bits per heavy atom. The molecule has 2 atom stereocenters. The molecule has 3 N–H and O–H groups in total. The molecule has 0 rings (SSSR count). The smallest absolute Gasteiger partial charge is 0.305 e. The lowest BCUT2D eigenvalue weighted by atomic mass is 10.0. The Morgan fingerprint density at radius 3 is 1.30 bits per heavy atom. The number of carbonyl (C=O) groups excluding carboxylic acids is 2. The predicted molar refractivity (Wildman–Crippen MR) is 260 cm³/mol. The van der Waals surface area contributed by atoms with Crippen molar-refractivity contribution >= 4 is 11.9 Å². The fraction of sp³-hybridized carbons (Fsp3) is 0.889. The number of aliphatic hydroxyl groups is 2. The highest BCUT2D eigenvalue weighted by atomic mass is 16.5. The van der Waals surface area contributed by atoms with Crippen LogP contribution in [0.3, 0.4) is 0 Å². The number of amides is 1. The molecule has 6 nitrogen and oxygen atoms in total. The first-order valence-corrected chi connectivity index (χ1v) is 26.6. The third kappa shape index (κ3) is 45.9. The average molecular weight is 846 g/mol. The first-order chi connectivity index (χ1) is 29.5. The fourth-order valence-electron chi connectivity index (χ4n) is 8.14. The van der Waals surface area contributed by atoms with E-state index in [0.29, 0.717) is 25.9 Å². The Hall–Kier alpha value is -1.66. The summed E-state index contributed by atoms with van der Waals surface area (Å²) in [7, 11) is 0. The minimum atomic E-state index is -0.669. The maximum Gasteiger partial charge on any atom is 0.305 e. The van der Waals surface area contributed by atoms with Gasteiger partial charge in [-0.2, -0.15) is 0 Å². The molecule has 0 aliphatic heterocycles. The van der Waals surface area contributed by atoms with Crippen LogP contribution in [0.1, 0.15) is 284 Å². The zero-order valence-corrected chi connectivity index (χ0v) is 40.2. The summed E-state index contributed by atoms with van der Waals surface area (Å²) < 4.78 is 5.48. The van der Waals surface area contributed by atoms with E-state index in [1.165, 1.54) is 193 Å². The summed E-state index contributed by atoms with van der Waals surface area (Å²) in [4.78, 5) is 24.5. The highest BCUT2D eigenvalue weighted by Crippen LogP contribution is 2.16. The maximum atomic E-state index is 12.4. The SMILES string of the molecule is CCCCC/C=C\C/C=C\CCCCCCCCCCCC(=O)OCCCCCCCCCCCCCCCCC(=O)NC(CO)C(O)CCCCCCCCCCCC. The lowest BCUT2D eigenvalue weighted by Gasteiger charge is -2.22. The third-order valence-corrected chi connectivity index (χ3v) is 12.3. The van der Waals surface area contributed by atoms with Crippen LogP contribution in [0.2, 0.25) is 0 Å². The molecule has 60 heavy (non-hydrogen) atoms. The molecule has 0 aromatic carbocycles. The van der Waals surface area contributed by atoms with E-state index >= 15 is 0 Å². The van der Waals surface area contributed by atoms with E-state index in [1.807, 2.05) is 0 Å². The summed E-state index contributed by atoms with van der Waals surface area (Å²) in [6.45, 7) is 4.89. The summed E-state index contributed by atoms with van der Waals surface area (Å²) in [5.74, 6) is -0.0535. The van der Waals surface area contributed by atoms with E-state index in [2.05, 4.69) is 43.5 Å². The Morgan fingerprint density at radius 1 is 0.467 bits per heavy atom. The van der Waals surface area contributed by atoms with Crippen LogP contribution in [0, 0.1) is 0 Å². The highest BCUT2D eigenvalue weighted by Gasteiger charge is 2.20. The van der Waals surface area contributed by atoms with Crippen molar-refractivity contribution in [2.75, 3.05) is 13.2 Å². The molecule has 354 valence electrons. The summed E-state index contributed by atoms with van der Waals surface area (Å²) in [5, 5.41) is 23.1. The van der Waals surface area contributed by atoms with Gasteiger partial charge in [-0.25, -0.2) is 0 Å². The number of ether oxygens (including phenoxy) is 1. The first kappa shape index (κ1) is 58.3. The van der Waals surface area contributed by atoms with Crippen molar-refractivity contribution in [1.29, 1.82) is 0 Å². The van der Waals surface area contributed by atoms with Gasteiger partial charge < -0.3 is 20.3 Å². The third-order valence-electron chi connectivity index (χ3n) is 12.3. The number of carbonyl (C=O) groups is 2. The van der Waals surface area contributed by atoms with Crippen LogP contribution in [-0.2, 0) is 14.3 Å². The second-order valence-electron chi connectivity index (χ2n) is 18.2. The zero-order chi connectivity index (χ0) is 43.7. The number of rotatable bonds is 49. The van der Waals surface area contributed by atoms with E-state index in [-0.39, 0.29) is 18.5 Å². The lowest BCUT2D eigenvalue weighted by molar-refractivity contribution is -0.143. The normalized spacial score (nSPS) is 12.8. The quantitative estimate of drug-likeness (QED) is 0.0322. The molecule has 0 aliphatic carbocycles. The topological polar surface area (TPSA) is 95.9 Å². The predicted octanol–water partition coefficient (Wildman–Crippen LogP) is 15.9. The van der Waals surface area contributed by atoms with Crippen LogP contribution in [0.4, 0.5) is 0 Å². The summed E-state index contributed by atoms with van der Waals surface area (Å²) in [6, 6.07) is -0.548. The molecule has 0 radical (unpaired) electrons. The van der Waals surface area contributed by atoms with Gasteiger partial charge >= 0.3 is 5.97 Å². The van der Waals surface area contributed by atoms with Gasteiger partial charge in [-0.1, -0.05) is 237 Å². The molecule has 0 aromatic rings. The van der Waals surface area contributed by atoms with Gasteiger partial charge in [0.05, 0.1) is 25.4 Å². The molecule has 6 heteroatoms. The Kier molecular flexibility index (Phi) is 48.6. The van der Waals surface area contributed by atoms with Gasteiger partial charge in [-0.15, -0.1) is 0 Å². The van der Waals surface area contributed by atoms with Gasteiger partial charge in [0.2, 0.25) is 5.91 Å². The first-order valence-electron chi connectivity index (χ1n) is 26.6. The van der Waals surface area contributed by atoms with Crippen LogP contribution < -0.4 is 5.32 Å². The summed E-state index contributed by atoms with van der Waals surface area (Å²) >= 11 is 0. The van der Waals surface area contributed by atoms with E-state index in [1.54, 1.807) is 0 Å². The van der Waals surface area contributed by atoms with Crippen LogP contribution in [0.15, 0.2) is 24.3 Å². The van der Waals surface area contributed by atoms with Gasteiger partial charge in [-0.3, -0.25) is 9.59 Å². The Balaban J connectivity index is 3.41. The number of esters is 1. The van der Waals surface area contributed by atoms with Crippen molar-refractivity contribution < 1.29 is 24.5 Å². The monoisotopic (exact) mass is 846 g/mol. The number of hydrogen-bond donors (Lipinski definition) is 3. The number of hydrogen-bond acceptors (Lipinski definition) is 5. The zero-order valence-electron chi connectivity index (χ0n) is 40.2. The van der Waals surface area contributed by atoms with Gasteiger partial charge in [0.25, 0.3) is 0 Å². The van der Waals surface area contributed by atoms with Gasteiger partial charge in [0.15, 0.2) is 0 Å². The molecule has 1 amide bonds. The minimum Gasteiger partial charge on any atom is -0.466 e. The fourth-order valence-corrected chi connectivity index (χ4v) is 8.14. The van der Waals surface area contributed by atoms with Crippen LogP contribution in [0.5, 0.6) is 0 Å². The van der Waals surface area contributed by atoms with Crippen molar-refractivity contribution in [1.82, 2.24) is 5.32 Å². The lowest BCUT2D eigenvalue weighted by Crippen LogP contribution is -2.45. The summed E-state index contributed by atoms with van der Waals surface area (Å²) in [6.07, 6.45) is 58.7. The summed E-state index contributed by atoms with van der Waals surface area (Å²) in [5.41, 5.74) is 0. The number of nitrogens with one attached hydrogen (secondary N) is 1. The van der Waals surface area contributed by atoms with E-state index in [4.69, 9.17) is 4.74 Å².